The monoisotopic (exact) mass is 679 g/mol. The van der Waals surface area contributed by atoms with Crippen molar-refractivity contribution in [2.45, 2.75) is 12.3 Å². The molecular weight excluding hydrogens is 647 g/mol. The summed E-state index contributed by atoms with van der Waals surface area (Å²) in [6, 6.07) is 58.3. The predicted molar refractivity (Wildman–Crippen MR) is 221 cm³/mol. The second-order valence-corrected chi connectivity index (χ2v) is 14.0. The molecule has 0 spiro atoms. The number of benzene rings is 8. The van der Waals surface area contributed by atoms with Crippen LogP contribution in [0.3, 0.4) is 0 Å². The van der Waals surface area contributed by atoms with Crippen LogP contribution in [0.15, 0.2) is 197 Å². The number of furan rings is 2. The molecule has 0 amide bonds. The first kappa shape index (κ1) is 29.8. The van der Waals surface area contributed by atoms with Gasteiger partial charge in [-0.2, -0.15) is 0 Å². The van der Waals surface area contributed by atoms with Gasteiger partial charge in [0.1, 0.15) is 16.7 Å². The molecule has 0 aliphatic heterocycles. The zero-order valence-corrected chi connectivity index (χ0v) is 28.9. The van der Waals surface area contributed by atoms with Gasteiger partial charge in [0, 0.05) is 49.7 Å². The summed E-state index contributed by atoms with van der Waals surface area (Å²) >= 11 is 0. The van der Waals surface area contributed by atoms with Crippen LogP contribution in [0.1, 0.15) is 17.9 Å². The third kappa shape index (κ3) is 4.74. The highest BCUT2D eigenvalue weighted by Gasteiger charge is 2.26. The van der Waals surface area contributed by atoms with Crippen molar-refractivity contribution in [1.82, 2.24) is 0 Å². The average molecular weight is 680 g/mol. The zero-order chi connectivity index (χ0) is 34.9. The van der Waals surface area contributed by atoms with Crippen molar-refractivity contribution in [2.24, 2.45) is 0 Å². The van der Waals surface area contributed by atoms with Gasteiger partial charge in [0.25, 0.3) is 0 Å². The number of hydrogen-bond acceptors (Lipinski definition) is 3. The van der Waals surface area contributed by atoms with E-state index in [1.165, 1.54) is 21.7 Å². The molecule has 10 aromatic rings. The van der Waals surface area contributed by atoms with E-state index >= 15 is 0 Å². The Balaban J connectivity index is 1.15. The summed E-state index contributed by atoms with van der Waals surface area (Å²) in [6.45, 7) is 0. The lowest BCUT2D eigenvalue weighted by Gasteiger charge is -2.31. The van der Waals surface area contributed by atoms with Crippen LogP contribution in [0, 0.1) is 0 Å². The zero-order valence-electron chi connectivity index (χ0n) is 28.9. The fourth-order valence-corrected chi connectivity index (χ4v) is 8.44. The molecule has 2 heterocycles. The average Bonchev–Trinajstić information content (AvgIpc) is 3.81. The first-order valence-electron chi connectivity index (χ1n) is 18.3. The number of rotatable bonds is 5. The Morgan fingerprint density at radius 1 is 0.453 bits per heavy atom. The Kier molecular flexibility index (Phi) is 6.68. The third-order valence-corrected chi connectivity index (χ3v) is 11.0. The number of para-hydroxylation sites is 4. The maximum absolute atomic E-state index is 6.89. The topological polar surface area (TPSA) is 29.5 Å². The predicted octanol–water partition coefficient (Wildman–Crippen LogP) is 14.2. The number of hydrogen-bond donors (Lipinski definition) is 0. The summed E-state index contributed by atoms with van der Waals surface area (Å²) in [5.41, 5.74) is 10.1. The molecule has 2 aromatic heterocycles. The molecule has 8 aromatic carbocycles. The Morgan fingerprint density at radius 2 is 1.11 bits per heavy atom. The van der Waals surface area contributed by atoms with Crippen LogP contribution >= 0.6 is 0 Å². The van der Waals surface area contributed by atoms with Crippen LogP contribution in [0.4, 0.5) is 11.4 Å². The molecule has 1 aliphatic carbocycles. The Labute approximate surface area is 306 Å². The van der Waals surface area contributed by atoms with E-state index in [-0.39, 0.29) is 5.92 Å². The smallest absolute Gasteiger partial charge is 0.159 e. The first-order chi connectivity index (χ1) is 26.3. The molecule has 0 N–H and O–H groups in total. The molecular formula is C50H33NO2. The van der Waals surface area contributed by atoms with Gasteiger partial charge in [-0.15, -0.1) is 0 Å². The highest BCUT2D eigenvalue weighted by molar-refractivity contribution is 6.18. The molecule has 1 aliphatic rings. The molecule has 250 valence electrons. The van der Waals surface area contributed by atoms with Gasteiger partial charge in [-0.1, -0.05) is 152 Å². The van der Waals surface area contributed by atoms with Crippen LogP contribution < -0.4 is 4.90 Å². The summed E-state index contributed by atoms with van der Waals surface area (Å²) in [5.74, 6) is 0.205. The largest absolute Gasteiger partial charge is 0.455 e. The maximum atomic E-state index is 6.89. The fraction of sp³-hybridized carbons (Fsp3) is 0.0400. The molecule has 3 heteroatoms. The Morgan fingerprint density at radius 3 is 2.04 bits per heavy atom. The maximum Gasteiger partial charge on any atom is 0.159 e. The highest BCUT2D eigenvalue weighted by atomic mass is 16.3. The van der Waals surface area contributed by atoms with E-state index in [2.05, 4.69) is 181 Å². The standard InChI is InChI=1S/C50H33NO2/c1-2-14-34-30-36(27-26-32(34)12-1)35-15-9-16-37(31-35)51(46-24-11-22-42-40-19-6-8-25-47(40)52-50(42)46)45-23-7-5-18-39(45)41-20-10-21-43-44-29-28-33-13-3-4-17-38(33)48(44)53-49(41)43/h1-14,16-31,35H,15H2. The minimum Gasteiger partial charge on any atom is -0.455 e. The van der Waals surface area contributed by atoms with E-state index in [1.807, 2.05) is 6.07 Å². The van der Waals surface area contributed by atoms with Crippen molar-refractivity contribution in [3.8, 4) is 11.1 Å². The van der Waals surface area contributed by atoms with Crippen molar-refractivity contribution in [3.05, 3.63) is 193 Å². The summed E-state index contributed by atoms with van der Waals surface area (Å²) in [5, 5.41) is 9.24. The number of anilines is 2. The number of allylic oxidation sites excluding steroid dienone is 3. The van der Waals surface area contributed by atoms with Gasteiger partial charge in [0.05, 0.1) is 11.4 Å². The molecule has 3 nitrogen and oxygen atoms in total. The Hall–Kier alpha value is -6.84. The normalized spacial score (nSPS) is 14.6. The van der Waals surface area contributed by atoms with Crippen molar-refractivity contribution < 1.29 is 8.83 Å². The van der Waals surface area contributed by atoms with Crippen molar-refractivity contribution in [3.63, 3.8) is 0 Å². The Bertz CT molecular complexity index is 3120. The number of fused-ring (bicyclic) bond motifs is 9. The van der Waals surface area contributed by atoms with E-state index < -0.39 is 0 Å². The third-order valence-electron chi connectivity index (χ3n) is 11.0. The SMILES string of the molecule is C1=CC(N(c2ccccc2-c2cccc3c2oc2c4ccccc4ccc32)c2cccc3c2oc2ccccc23)=CC(c2ccc3ccccc3c2)C1. The highest BCUT2D eigenvalue weighted by Crippen LogP contribution is 2.47. The first-order valence-corrected chi connectivity index (χ1v) is 18.3. The lowest BCUT2D eigenvalue weighted by atomic mass is 9.89. The van der Waals surface area contributed by atoms with Gasteiger partial charge in [0.15, 0.2) is 5.58 Å². The van der Waals surface area contributed by atoms with Crippen LogP contribution in [0.5, 0.6) is 0 Å². The van der Waals surface area contributed by atoms with E-state index in [9.17, 15) is 0 Å². The van der Waals surface area contributed by atoms with Crippen LogP contribution in [0.25, 0.3) is 76.5 Å². The molecule has 0 bridgehead atoms. The lowest BCUT2D eigenvalue weighted by molar-refractivity contribution is 0.668. The molecule has 1 unspecified atom stereocenters. The van der Waals surface area contributed by atoms with Gasteiger partial charge in [-0.25, -0.2) is 0 Å². The van der Waals surface area contributed by atoms with Gasteiger partial charge in [-0.05, 0) is 58.5 Å². The lowest BCUT2D eigenvalue weighted by Crippen LogP contribution is -2.19. The van der Waals surface area contributed by atoms with Crippen molar-refractivity contribution >= 4 is 76.8 Å². The minimum atomic E-state index is 0.205. The van der Waals surface area contributed by atoms with E-state index in [4.69, 9.17) is 8.83 Å². The molecule has 0 fully saturated rings. The summed E-state index contributed by atoms with van der Waals surface area (Å²) in [7, 11) is 0. The molecule has 11 rings (SSSR count). The van der Waals surface area contributed by atoms with Crippen LogP contribution in [-0.2, 0) is 0 Å². The summed E-state index contributed by atoms with van der Waals surface area (Å²) in [6.07, 6.45) is 7.94. The summed E-state index contributed by atoms with van der Waals surface area (Å²) in [4.78, 5) is 2.39. The molecule has 1 atom stereocenters. The second-order valence-electron chi connectivity index (χ2n) is 14.0. The number of nitrogens with zero attached hydrogens (tertiary/aromatic N) is 1. The van der Waals surface area contributed by atoms with Crippen molar-refractivity contribution in [2.75, 3.05) is 4.90 Å². The fourth-order valence-electron chi connectivity index (χ4n) is 8.44. The van der Waals surface area contributed by atoms with Crippen LogP contribution in [0.2, 0.25) is 0 Å². The van der Waals surface area contributed by atoms with Gasteiger partial charge < -0.3 is 13.7 Å². The quantitative estimate of drug-likeness (QED) is 0.181. The van der Waals surface area contributed by atoms with Gasteiger partial charge >= 0.3 is 0 Å². The summed E-state index contributed by atoms with van der Waals surface area (Å²) < 4.78 is 13.6. The van der Waals surface area contributed by atoms with Crippen molar-refractivity contribution in [1.29, 1.82) is 0 Å². The second kappa shape index (κ2) is 11.9. The van der Waals surface area contributed by atoms with Gasteiger partial charge in [-0.3, -0.25) is 0 Å². The van der Waals surface area contributed by atoms with E-state index in [0.717, 1.165) is 83.9 Å². The van der Waals surface area contributed by atoms with Gasteiger partial charge in [0.2, 0.25) is 0 Å². The van der Waals surface area contributed by atoms with E-state index in [0.29, 0.717) is 0 Å². The van der Waals surface area contributed by atoms with Crippen LogP contribution in [-0.4, -0.2) is 0 Å². The molecule has 53 heavy (non-hydrogen) atoms. The molecule has 0 radical (unpaired) electrons. The molecule has 0 saturated heterocycles. The van der Waals surface area contributed by atoms with E-state index in [1.54, 1.807) is 0 Å². The molecule has 0 saturated carbocycles. The minimum absolute atomic E-state index is 0.205.